The molecule has 6 nitrogen and oxygen atoms in total. The van der Waals surface area contributed by atoms with Crippen LogP contribution in [0.2, 0.25) is 0 Å². The van der Waals surface area contributed by atoms with Crippen molar-refractivity contribution in [3.05, 3.63) is 118 Å². The second-order valence-corrected chi connectivity index (χ2v) is 10.3. The van der Waals surface area contributed by atoms with Crippen LogP contribution in [0.1, 0.15) is 33.4 Å². The molecule has 0 atom stereocenters. The topological polar surface area (TPSA) is 65.4 Å². The fraction of sp³-hybridized carbons (Fsp3) is 0.294. The van der Waals surface area contributed by atoms with Gasteiger partial charge >= 0.3 is 0 Å². The van der Waals surface area contributed by atoms with E-state index in [1.54, 1.807) is 14.2 Å². The number of phenolic OH excluding ortho intramolecular Hbond substituents is 2. The molecule has 4 rings (SSSR count). The predicted octanol–water partition coefficient (Wildman–Crippen LogP) is 6.44. The number of aryl methyl sites for hydroxylation is 2. The van der Waals surface area contributed by atoms with E-state index in [0.29, 0.717) is 24.6 Å². The molecule has 0 amide bonds. The molecule has 2 N–H and O–H groups in total. The highest BCUT2D eigenvalue weighted by molar-refractivity contribution is 5.49. The largest absolute Gasteiger partial charge is 0.504 e. The number of ether oxygens (including phenoxy) is 2. The van der Waals surface area contributed by atoms with Crippen molar-refractivity contribution in [2.45, 2.75) is 40.0 Å². The number of methoxy groups -OCH3 is 2. The zero-order valence-corrected chi connectivity index (χ0v) is 23.9. The van der Waals surface area contributed by atoms with E-state index in [-0.39, 0.29) is 11.5 Å². The van der Waals surface area contributed by atoms with Gasteiger partial charge in [0, 0.05) is 50.4 Å². The van der Waals surface area contributed by atoms with Crippen LogP contribution < -0.4 is 9.47 Å². The molecule has 0 aliphatic heterocycles. The molecule has 0 fully saturated rings. The first-order chi connectivity index (χ1) is 19.4. The number of phenols is 2. The van der Waals surface area contributed by atoms with Gasteiger partial charge in [0.2, 0.25) is 0 Å². The standard InChI is InChI=1S/C34H40N2O4/c1-25-17-29(33(37)31(19-25)39-3)23-35(21-27-11-7-5-8-12-27)15-16-36(22-28-13-9-6-10-14-28)24-30-18-26(2)20-32(40-4)34(30)38/h5-14,17-20,37-38H,15-16,21-24H2,1-4H3. The van der Waals surface area contributed by atoms with Crippen molar-refractivity contribution in [1.82, 2.24) is 9.80 Å². The zero-order chi connectivity index (χ0) is 28.5. The van der Waals surface area contributed by atoms with Crippen molar-refractivity contribution in [3.63, 3.8) is 0 Å². The number of aromatic hydroxyl groups is 2. The molecular weight excluding hydrogens is 500 g/mol. The van der Waals surface area contributed by atoms with Crippen molar-refractivity contribution in [1.29, 1.82) is 0 Å². The maximum Gasteiger partial charge on any atom is 0.162 e. The molecule has 0 heterocycles. The van der Waals surface area contributed by atoms with Gasteiger partial charge in [0.1, 0.15) is 0 Å². The average molecular weight is 541 g/mol. The first-order valence-corrected chi connectivity index (χ1v) is 13.6. The Morgan fingerprint density at radius 2 is 0.925 bits per heavy atom. The lowest BCUT2D eigenvalue weighted by Gasteiger charge is -2.29. The van der Waals surface area contributed by atoms with Crippen LogP contribution in [0, 0.1) is 13.8 Å². The third-order valence-electron chi connectivity index (χ3n) is 7.05. The number of hydrogen-bond donors (Lipinski definition) is 2. The minimum absolute atomic E-state index is 0.184. The maximum absolute atomic E-state index is 10.9. The van der Waals surface area contributed by atoms with Crippen LogP contribution in [-0.2, 0) is 26.2 Å². The molecule has 4 aromatic carbocycles. The lowest BCUT2D eigenvalue weighted by Crippen LogP contribution is -2.34. The van der Waals surface area contributed by atoms with E-state index in [2.05, 4.69) is 58.3 Å². The monoisotopic (exact) mass is 540 g/mol. The Labute approximate surface area is 238 Å². The van der Waals surface area contributed by atoms with Gasteiger partial charge in [-0.2, -0.15) is 0 Å². The molecule has 0 spiro atoms. The van der Waals surface area contributed by atoms with E-state index in [9.17, 15) is 10.2 Å². The number of nitrogens with zero attached hydrogens (tertiary/aromatic N) is 2. The number of rotatable bonds is 13. The summed E-state index contributed by atoms with van der Waals surface area (Å²) in [5.41, 5.74) is 6.17. The second-order valence-electron chi connectivity index (χ2n) is 10.3. The Balaban J connectivity index is 1.60. The second kappa shape index (κ2) is 13.9. The molecule has 0 aliphatic carbocycles. The van der Waals surface area contributed by atoms with Crippen molar-refractivity contribution >= 4 is 0 Å². The molecule has 0 aliphatic rings. The van der Waals surface area contributed by atoms with Gasteiger partial charge in [0.05, 0.1) is 14.2 Å². The van der Waals surface area contributed by atoms with Gasteiger partial charge < -0.3 is 19.7 Å². The first-order valence-electron chi connectivity index (χ1n) is 13.6. The predicted molar refractivity (Wildman–Crippen MR) is 160 cm³/mol. The van der Waals surface area contributed by atoms with Gasteiger partial charge in [-0.05, 0) is 48.2 Å². The van der Waals surface area contributed by atoms with E-state index in [1.165, 1.54) is 11.1 Å². The molecule has 0 bridgehead atoms. The summed E-state index contributed by atoms with van der Waals surface area (Å²) >= 11 is 0. The van der Waals surface area contributed by atoms with E-state index >= 15 is 0 Å². The zero-order valence-electron chi connectivity index (χ0n) is 23.9. The maximum atomic E-state index is 10.9. The lowest BCUT2D eigenvalue weighted by molar-refractivity contribution is 0.180. The van der Waals surface area contributed by atoms with Crippen LogP contribution in [0.15, 0.2) is 84.9 Å². The van der Waals surface area contributed by atoms with Crippen LogP contribution >= 0.6 is 0 Å². The Morgan fingerprint density at radius 3 is 1.27 bits per heavy atom. The van der Waals surface area contributed by atoms with E-state index in [4.69, 9.17) is 9.47 Å². The average Bonchev–Trinajstić information content (AvgIpc) is 2.96. The van der Waals surface area contributed by atoms with Crippen molar-refractivity contribution in [3.8, 4) is 23.0 Å². The van der Waals surface area contributed by atoms with Crippen molar-refractivity contribution in [2.75, 3.05) is 27.3 Å². The minimum Gasteiger partial charge on any atom is -0.504 e. The van der Waals surface area contributed by atoms with Gasteiger partial charge in [-0.15, -0.1) is 0 Å². The van der Waals surface area contributed by atoms with Crippen LogP contribution in [-0.4, -0.2) is 47.3 Å². The van der Waals surface area contributed by atoms with Gasteiger partial charge in [0.25, 0.3) is 0 Å². The van der Waals surface area contributed by atoms with Gasteiger partial charge in [-0.25, -0.2) is 0 Å². The SMILES string of the molecule is COc1cc(C)cc(CN(CCN(Cc2ccccc2)Cc2cc(C)cc(OC)c2O)Cc2ccccc2)c1O. The summed E-state index contributed by atoms with van der Waals surface area (Å²) in [5.74, 6) is 1.35. The molecule has 0 saturated heterocycles. The molecule has 40 heavy (non-hydrogen) atoms. The van der Waals surface area contributed by atoms with E-state index in [0.717, 1.165) is 48.4 Å². The molecule has 0 unspecified atom stereocenters. The Bertz CT molecular complexity index is 1270. The smallest absolute Gasteiger partial charge is 0.162 e. The summed E-state index contributed by atoms with van der Waals surface area (Å²) in [6, 6.07) is 28.5. The Kier molecular flexibility index (Phi) is 10.1. The fourth-order valence-electron chi connectivity index (χ4n) is 5.06. The lowest BCUT2D eigenvalue weighted by atomic mass is 10.1. The summed E-state index contributed by atoms with van der Waals surface area (Å²) in [5, 5.41) is 21.8. The highest BCUT2D eigenvalue weighted by atomic mass is 16.5. The van der Waals surface area contributed by atoms with Gasteiger partial charge in [-0.1, -0.05) is 72.8 Å². The third kappa shape index (κ3) is 7.78. The summed E-state index contributed by atoms with van der Waals surface area (Å²) in [6.45, 7) is 8.14. The van der Waals surface area contributed by atoms with E-state index in [1.807, 2.05) is 50.2 Å². The van der Waals surface area contributed by atoms with Crippen molar-refractivity contribution in [2.24, 2.45) is 0 Å². The number of hydrogen-bond acceptors (Lipinski definition) is 6. The van der Waals surface area contributed by atoms with Crippen molar-refractivity contribution < 1.29 is 19.7 Å². The highest BCUT2D eigenvalue weighted by Crippen LogP contribution is 2.34. The minimum atomic E-state index is 0.184. The summed E-state index contributed by atoms with van der Waals surface area (Å²) in [6.07, 6.45) is 0. The van der Waals surface area contributed by atoms with Crippen LogP contribution in [0.5, 0.6) is 23.0 Å². The summed E-state index contributed by atoms with van der Waals surface area (Å²) < 4.78 is 10.9. The fourth-order valence-corrected chi connectivity index (χ4v) is 5.06. The molecule has 0 aromatic heterocycles. The van der Waals surface area contributed by atoms with Gasteiger partial charge in [0.15, 0.2) is 23.0 Å². The molecular formula is C34H40N2O4. The van der Waals surface area contributed by atoms with Crippen LogP contribution in [0.3, 0.4) is 0 Å². The molecule has 210 valence electrons. The first kappa shape index (κ1) is 29.0. The number of benzene rings is 4. The van der Waals surface area contributed by atoms with E-state index < -0.39 is 0 Å². The molecule has 4 aromatic rings. The molecule has 0 radical (unpaired) electrons. The summed E-state index contributed by atoms with van der Waals surface area (Å²) in [7, 11) is 3.16. The Hall–Kier alpha value is -4.00. The highest BCUT2D eigenvalue weighted by Gasteiger charge is 2.18. The molecule has 0 saturated carbocycles. The van der Waals surface area contributed by atoms with Crippen LogP contribution in [0.4, 0.5) is 0 Å². The Morgan fingerprint density at radius 1 is 0.550 bits per heavy atom. The molecule has 6 heteroatoms. The van der Waals surface area contributed by atoms with Gasteiger partial charge in [-0.3, -0.25) is 9.80 Å². The summed E-state index contributed by atoms with van der Waals surface area (Å²) in [4.78, 5) is 4.69. The van der Waals surface area contributed by atoms with Crippen LogP contribution in [0.25, 0.3) is 0 Å². The normalized spacial score (nSPS) is 11.2. The third-order valence-corrected chi connectivity index (χ3v) is 7.05. The quantitative estimate of drug-likeness (QED) is 0.204.